The molecule has 0 aliphatic rings. The van der Waals surface area contributed by atoms with Crippen LogP contribution in [0.25, 0.3) is 6.08 Å². The summed E-state index contributed by atoms with van der Waals surface area (Å²) in [6.45, 7) is 6.01. The number of benzene rings is 1. The molecule has 94 valence electrons. The number of alkyl halides is 3. The third-order valence-electron chi connectivity index (χ3n) is 2.03. The Kier molecular flexibility index (Phi) is 3.86. The molecule has 0 unspecified atom stereocenters. The summed E-state index contributed by atoms with van der Waals surface area (Å²) in [5, 5.41) is 3.11. The molecule has 0 aromatic heterocycles. The van der Waals surface area contributed by atoms with Gasteiger partial charge in [-0.25, -0.2) is 0 Å². The van der Waals surface area contributed by atoms with Crippen LogP contribution >= 0.6 is 0 Å². The quantitative estimate of drug-likeness (QED) is 0.825. The molecule has 1 aromatic carbocycles. The Morgan fingerprint density at radius 2 is 1.53 bits per heavy atom. The average molecular weight is 243 g/mol. The maximum Gasteiger partial charge on any atom is 0.416 e. The summed E-state index contributed by atoms with van der Waals surface area (Å²) in [5.74, 6) is 0. The Labute approximate surface area is 99.3 Å². The van der Waals surface area contributed by atoms with Crippen molar-refractivity contribution in [2.75, 3.05) is 0 Å². The van der Waals surface area contributed by atoms with Gasteiger partial charge in [-0.3, -0.25) is 0 Å². The average Bonchev–Trinajstić information content (AvgIpc) is 2.15. The standard InChI is InChI=1S/C13H16F3N/c1-12(2,3)17-9-8-10-4-6-11(7-5-10)13(14,15)16/h4-9,17H,1-3H3/b9-8+. The molecule has 0 aliphatic heterocycles. The van der Waals surface area contributed by atoms with Crippen LogP contribution in [-0.4, -0.2) is 5.54 Å². The van der Waals surface area contributed by atoms with Gasteiger partial charge in [-0.15, -0.1) is 0 Å². The third-order valence-corrected chi connectivity index (χ3v) is 2.03. The van der Waals surface area contributed by atoms with Crippen LogP contribution in [-0.2, 0) is 6.18 Å². The van der Waals surface area contributed by atoms with E-state index >= 15 is 0 Å². The van der Waals surface area contributed by atoms with Gasteiger partial charge in [0, 0.05) is 5.54 Å². The molecule has 0 saturated heterocycles. The van der Waals surface area contributed by atoms with E-state index in [0.717, 1.165) is 17.7 Å². The Hall–Kier alpha value is -1.45. The molecule has 1 nitrogen and oxygen atoms in total. The smallest absolute Gasteiger partial charge is 0.386 e. The number of halogens is 3. The predicted molar refractivity (Wildman–Crippen MR) is 63.4 cm³/mol. The van der Waals surface area contributed by atoms with Crippen LogP contribution in [0.4, 0.5) is 13.2 Å². The molecule has 0 amide bonds. The van der Waals surface area contributed by atoms with Gasteiger partial charge < -0.3 is 5.32 Å². The molecule has 17 heavy (non-hydrogen) atoms. The first-order valence-corrected chi connectivity index (χ1v) is 5.30. The van der Waals surface area contributed by atoms with Gasteiger partial charge >= 0.3 is 6.18 Å². The number of hydrogen-bond donors (Lipinski definition) is 1. The highest BCUT2D eigenvalue weighted by Crippen LogP contribution is 2.29. The van der Waals surface area contributed by atoms with Gasteiger partial charge in [0.2, 0.25) is 0 Å². The lowest BCUT2D eigenvalue weighted by Gasteiger charge is -2.18. The van der Waals surface area contributed by atoms with Gasteiger partial charge in [-0.05, 0) is 50.7 Å². The summed E-state index contributed by atoms with van der Waals surface area (Å²) in [4.78, 5) is 0. The molecule has 0 spiro atoms. The van der Waals surface area contributed by atoms with Gasteiger partial charge in [-0.2, -0.15) is 13.2 Å². The molecule has 0 radical (unpaired) electrons. The maximum atomic E-state index is 12.3. The molecule has 0 heterocycles. The summed E-state index contributed by atoms with van der Waals surface area (Å²) in [6.07, 6.45) is -0.792. The lowest BCUT2D eigenvalue weighted by Crippen LogP contribution is -2.30. The number of hydrogen-bond acceptors (Lipinski definition) is 1. The minimum absolute atomic E-state index is 0.0532. The van der Waals surface area contributed by atoms with E-state index in [1.54, 1.807) is 12.3 Å². The molecular weight excluding hydrogens is 227 g/mol. The fourth-order valence-electron chi connectivity index (χ4n) is 1.17. The highest BCUT2D eigenvalue weighted by molar-refractivity contribution is 5.49. The summed E-state index contributed by atoms with van der Waals surface area (Å²) >= 11 is 0. The van der Waals surface area contributed by atoms with Crippen LogP contribution in [0.1, 0.15) is 31.9 Å². The topological polar surface area (TPSA) is 12.0 Å². The lowest BCUT2D eigenvalue weighted by atomic mass is 10.1. The summed E-state index contributed by atoms with van der Waals surface area (Å²) in [5.41, 5.74) is 0.0516. The van der Waals surface area contributed by atoms with Crippen molar-refractivity contribution in [3.05, 3.63) is 41.6 Å². The fourth-order valence-corrected chi connectivity index (χ4v) is 1.17. The molecule has 0 aliphatic carbocycles. The number of rotatable bonds is 2. The van der Waals surface area contributed by atoms with Crippen molar-refractivity contribution in [3.63, 3.8) is 0 Å². The van der Waals surface area contributed by atoms with Crippen molar-refractivity contribution in [1.82, 2.24) is 5.32 Å². The highest BCUT2D eigenvalue weighted by Gasteiger charge is 2.29. The largest absolute Gasteiger partial charge is 0.416 e. The second-order valence-corrected chi connectivity index (χ2v) is 4.85. The van der Waals surface area contributed by atoms with Gasteiger partial charge in [0.05, 0.1) is 5.56 Å². The van der Waals surface area contributed by atoms with Crippen LogP contribution in [0.5, 0.6) is 0 Å². The SMILES string of the molecule is CC(C)(C)N/C=C/c1ccc(C(F)(F)F)cc1. The zero-order chi connectivity index (χ0) is 13.1. The Morgan fingerprint density at radius 3 is 1.94 bits per heavy atom. The monoisotopic (exact) mass is 243 g/mol. The first kappa shape index (κ1) is 13.6. The maximum absolute atomic E-state index is 12.3. The van der Waals surface area contributed by atoms with Crippen LogP contribution in [0.2, 0.25) is 0 Å². The van der Waals surface area contributed by atoms with Gasteiger partial charge in [-0.1, -0.05) is 12.1 Å². The molecular formula is C13H16F3N. The molecule has 0 atom stereocenters. The van der Waals surface area contributed by atoms with Crippen molar-refractivity contribution in [1.29, 1.82) is 0 Å². The molecule has 0 saturated carbocycles. The lowest BCUT2D eigenvalue weighted by molar-refractivity contribution is -0.137. The Bertz CT molecular complexity index is 383. The van der Waals surface area contributed by atoms with Crippen molar-refractivity contribution in [2.24, 2.45) is 0 Å². The van der Waals surface area contributed by atoms with Gasteiger partial charge in [0.25, 0.3) is 0 Å². The van der Waals surface area contributed by atoms with E-state index < -0.39 is 11.7 Å². The van der Waals surface area contributed by atoms with Gasteiger partial charge in [0.15, 0.2) is 0 Å². The second-order valence-electron chi connectivity index (χ2n) is 4.85. The van der Waals surface area contributed by atoms with E-state index in [0.29, 0.717) is 0 Å². The highest BCUT2D eigenvalue weighted by atomic mass is 19.4. The van der Waals surface area contributed by atoms with Crippen LogP contribution < -0.4 is 5.32 Å². The molecule has 0 bridgehead atoms. The Balaban J connectivity index is 2.69. The number of nitrogens with one attached hydrogen (secondary N) is 1. The van der Waals surface area contributed by atoms with E-state index in [4.69, 9.17) is 0 Å². The van der Waals surface area contributed by atoms with E-state index in [2.05, 4.69) is 5.32 Å². The van der Waals surface area contributed by atoms with Crippen molar-refractivity contribution >= 4 is 6.08 Å². The third kappa shape index (κ3) is 4.93. The molecule has 1 N–H and O–H groups in total. The molecule has 1 rings (SSSR count). The summed E-state index contributed by atoms with van der Waals surface area (Å²) in [7, 11) is 0. The molecule has 4 heteroatoms. The zero-order valence-electron chi connectivity index (χ0n) is 10.1. The van der Waals surface area contributed by atoms with Crippen LogP contribution in [0, 0.1) is 0 Å². The summed E-state index contributed by atoms with van der Waals surface area (Å²) < 4.78 is 36.9. The zero-order valence-corrected chi connectivity index (χ0v) is 10.1. The minimum atomic E-state index is -4.27. The summed E-state index contributed by atoms with van der Waals surface area (Å²) in [6, 6.07) is 5.06. The predicted octanol–water partition coefficient (Wildman–Crippen LogP) is 4.06. The van der Waals surface area contributed by atoms with Crippen LogP contribution in [0.3, 0.4) is 0 Å². The fraction of sp³-hybridized carbons (Fsp3) is 0.385. The van der Waals surface area contributed by atoms with Crippen LogP contribution in [0.15, 0.2) is 30.5 Å². The Morgan fingerprint density at radius 1 is 1.00 bits per heavy atom. The second kappa shape index (κ2) is 4.82. The van der Waals surface area contributed by atoms with Crippen molar-refractivity contribution in [3.8, 4) is 0 Å². The molecule has 1 aromatic rings. The van der Waals surface area contributed by atoms with E-state index in [9.17, 15) is 13.2 Å². The van der Waals surface area contributed by atoms with Gasteiger partial charge in [0.1, 0.15) is 0 Å². The first-order chi connectivity index (χ1) is 7.68. The first-order valence-electron chi connectivity index (χ1n) is 5.30. The van der Waals surface area contributed by atoms with E-state index in [1.807, 2.05) is 20.8 Å². The van der Waals surface area contributed by atoms with E-state index in [1.165, 1.54) is 12.1 Å². The van der Waals surface area contributed by atoms with Crippen molar-refractivity contribution < 1.29 is 13.2 Å². The molecule has 0 fully saturated rings. The minimum Gasteiger partial charge on any atom is -0.386 e. The van der Waals surface area contributed by atoms with E-state index in [-0.39, 0.29) is 5.54 Å². The van der Waals surface area contributed by atoms with Crippen molar-refractivity contribution in [2.45, 2.75) is 32.5 Å². The normalized spacial score (nSPS) is 13.1.